The molecule has 2 heteroatoms. The van der Waals surface area contributed by atoms with Crippen molar-refractivity contribution < 1.29 is 4.74 Å². The summed E-state index contributed by atoms with van der Waals surface area (Å²) in [6.07, 6.45) is 15.3. The van der Waals surface area contributed by atoms with Gasteiger partial charge in [0.05, 0.1) is 11.7 Å². The zero-order valence-electron chi connectivity index (χ0n) is 13.5. The Morgan fingerprint density at radius 2 is 1.75 bits per heavy atom. The molecule has 1 saturated heterocycles. The van der Waals surface area contributed by atoms with Gasteiger partial charge in [-0.1, -0.05) is 26.7 Å². The fourth-order valence-electron chi connectivity index (χ4n) is 4.42. The molecule has 1 aliphatic heterocycles. The molecule has 116 valence electrons. The lowest BCUT2D eigenvalue weighted by Crippen LogP contribution is -2.38. The normalized spacial score (nSPS) is 29.4. The first-order valence-corrected chi connectivity index (χ1v) is 9.10. The topological polar surface area (TPSA) is 21.3 Å². The van der Waals surface area contributed by atoms with Crippen LogP contribution in [0.5, 0.6) is 0 Å². The minimum absolute atomic E-state index is 0.307. The molecule has 0 aromatic rings. The molecule has 1 N–H and O–H groups in total. The SMILES string of the molecule is CCC(CC)(CNC1CC1)CC1CCC2(CCCC2)O1. The van der Waals surface area contributed by atoms with E-state index < -0.39 is 0 Å². The van der Waals surface area contributed by atoms with Crippen LogP contribution in [0.15, 0.2) is 0 Å². The highest BCUT2D eigenvalue weighted by atomic mass is 16.5. The number of ether oxygens (including phenoxy) is 1. The predicted octanol–water partition coefficient (Wildman–Crippen LogP) is 4.43. The van der Waals surface area contributed by atoms with Gasteiger partial charge in [0, 0.05) is 12.6 Å². The first-order valence-electron chi connectivity index (χ1n) is 9.10. The average molecular weight is 279 g/mol. The summed E-state index contributed by atoms with van der Waals surface area (Å²) in [5.41, 5.74) is 0.777. The van der Waals surface area contributed by atoms with Gasteiger partial charge in [0.25, 0.3) is 0 Å². The minimum atomic E-state index is 0.307. The molecule has 20 heavy (non-hydrogen) atoms. The molecule has 0 bridgehead atoms. The van der Waals surface area contributed by atoms with Crippen molar-refractivity contribution in [2.24, 2.45) is 5.41 Å². The van der Waals surface area contributed by atoms with Gasteiger partial charge < -0.3 is 10.1 Å². The number of hydrogen-bond acceptors (Lipinski definition) is 2. The molecule has 0 aromatic carbocycles. The third kappa shape index (κ3) is 3.22. The van der Waals surface area contributed by atoms with E-state index in [1.165, 1.54) is 77.2 Å². The summed E-state index contributed by atoms with van der Waals surface area (Å²) in [5, 5.41) is 3.78. The Bertz CT molecular complexity index is 313. The van der Waals surface area contributed by atoms with E-state index in [9.17, 15) is 0 Å². The van der Waals surface area contributed by atoms with Crippen LogP contribution in [0.2, 0.25) is 0 Å². The molecule has 1 spiro atoms. The Kier molecular flexibility index (Phi) is 4.42. The van der Waals surface area contributed by atoms with E-state index >= 15 is 0 Å². The summed E-state index contributed by atoms with van der Waals surface area (Å²) < 4.78 is 6.56. The Hall–Kier alpha value is -0.0800. The fraction of sp³-hybridized carbons (Fsp3) is 1.00. The Balaban J connectivity index is 1.55. The molecule has 2 nitrogen and oxygen atoms in total. The smallest absolute Gasteiger partial charge is 0.0687 e. The first-order chi connectivity index (χ1) is 9.69. The molecule has 0 radical (unpaired) electrons. The molecule has 1 atom stereocenters. The summed E-state index contributed by atoms with van der Waals surface area (Å²) in [7, 11) is 0. The van der Waals surface area contributed by atoms with Crippen molar-refractivity contribution in [3.05, 3.63) is 0 Å². The molecule has 1 unspecified atom stereocenters. The molecule has 3 fully saturated rings. The molecule has 1 heterocycles. The lowest BCUT2D eigenvalue weighted by Gasteiger charge is -2.35. The van der Waals surface area contributed by atoms with Crippen molar-refractivity contribution in [3.63, 3.8) is 0 Å². The number of hydrogen-bond donors (Lipinski definition) is 1. The summed E-state index contributed by atoms with van der Waals surface area (Å²) in [4.78, 5) is 0. The highest BCUT2D eigenvalue weighted by Crippen LogP contribution is 2.46. The van der Waals surface area contributed by atoms with Gasteiger partial charge in [-0.05, 0) is 63.2 Å². The average Bonchev–Trinajstić information content (AvgIpc) is 3.07. The van der Waals surface area contributed by atoms with Gasteiger partial charge in [0.15, 0.2) is 0 Å². The van der Waals surface area contributed by atoms with Gasteiger partial charge >= 0.3 is 0 Å². The molecule has 0 aromatic heterocycles. The molecule has 3 rings (SSSR count). The van der Waals surface area contributed by atoms with Crippen molar-refractivity contribution in [1.29, 1.82) is 0 Å². The van der Waals surface area contributed by atoms with Crippen molar-refractivity contribution in [2.75, 3.05) is 6.54 Å². The Morgan fingerprint density at radius 1 is 1.05 bits per heavy atom. The molecule has 3 aliphatic rings. The van der Waals surface area contributed by atoms with Crippen molar-refractivity contribution >= 4 is 0 Å². The van der Waals surface area contributed by atoms with E-state index in [1.54, 1.807) is 0 Å². The van der Waals surface area contributed by atoms with Gasteiger partial charge in [-0.3, -0.25) is 0 Å². The van der Waals surface area contributed by atoms with E-state index in [0.717, 1.165) is 6.04 Å². The summed E-state index contributed by atoms with van der Waals surface area (Å²) in [5.74, 6) is 0. The van der Waals surface area contributed by atoms with Gasteiger partial charge in [-0.25, -0.2) is 0 Å². The van der Waals surface area contributed by atoms with E-state index in [1.807, 2.05) is 0 Å². The fourth-order valence-corrected chi connectivity index (χ4v) is 4.42. The van der Waals surface area contributed by atoms with E-state index in [2.05, 4.69) is 19.2 Å². The highest BCUT2D eigenvalue weighted by Gasteiger charge is 2.44. The second kappa shape index (κ2) is 5.96. The number of nitrogens with one attached hydrogen (secondary N) is 1. The minimum Gasteiger partial charge on any atom is -0.372 e. The molecule has 2 aliphatic carbocycles. The Labute approximate surface area is 125 Å². The standard InChI is InChI=1S/C18H33NO/c1-3-17(4-2,14-19-15-7-8-15)13-16-9-12-18(20-16)10-5-6-11-18/h15-16,19H,3-14H2,1-2H3. The quantitative estimate of drug-likeness (QED) is 0.744. The van der Waals surface area contributed by atoms with Gasteiger partial charge in [-0.15, -0.1) is 0 Å². The van der Waals surface area contributed by atoms with Crippen molar-refractivity contribution in [3.8, 4) is 0 Å². The maximum Gasteiger partial charge on any atom is 0.0687 e. The lowest BCUT2D eigenvalue weighted by atomic mass is 9.77. The van der Waals surface area contributed by atoms with Crippen LogP contribution in [-0.2, 0) is 4.74 Å². The van der Waals surface area contributed by atoms with Crippen LogP contribution < -0.4 is 5.32 Å². The molecular weight excluding hydrogens is 246 g/mol. The second-order valence-electron chi connectivity index (χ2n) is 7.74. The van der Waals surface area contributed by atoms with Gasteiger partial charge in [0.2, 0.25) is 0 Å². The van der Waals surface area contributed by atoms with Crippen LogP contribution in [0.1, 0.15) is 84.5 Å². The van der Waals surface area contributed by atoms with Crippen LogP contribution in [0.3, 0.4) is 0 Å². The molecule has 2 saturated carbocycles. The van der Waals surface area contributed by atoms with Gasteiger partial charge in [0.1, 0.15) is 0 Å². The van der Waals surface area contributed by atoms with E-state index in [4.69, 9.17) is 4.74 Å². The monoisotopic (exact) mass is 279 g/mol. The molecular formula is C18H33NO. The predicted molar refractivity (Wildman–Crippen MR) is 84.0 cm³/mol. The van der Waals surface area contributed by atoms with Crippen LogP contribution in [0.25, 0.3) is 0 Å². The summed E-state index contributed by atoms with van der Waals surface area (Å²) in [6.45, 7) is 5.95. The van der Waals surface area contributed by atoms with Gasteiger partial charge in [-0.2, -0.15) is 0 Å². The van der Waals surface area contributed by atoms with Crippen LogP contribution in [-0.4, -0.2) is 24.3 Å². The largest absolute Gasteiger partial charge is 0.372 e. The lowest BCUT2D eigenvalue weighted by molar-refractivity contribution is -0.0545. The second-order valence-corrected chi connectivity index (χ2v) is 7.74. The summed E-state index contributed by atoms with van der Waals surface area (Å²) in [6, 6.07) is 0.832. The third-order valence-electron chi connectivity index (χ3n) is 6.36. The first kappa shape index (κ1) is 14.8. The third-order valence-corrected chi connectivity index (χ3v) is 6.36. The van der Waals surface area contributed by atoms with Crippen LogP contribution >= 0.6 is 0 Å². The Morgan fingerprint density at radius 3 is 2.35 bits per heavy atom. The zero-order chi connectivity index (χ0) is 14.1. The summed E-state index contributed by atoms with van der Waals surface area (Å²) >= 11 is 0. The van der Waals surface area contributed by atoms with Crippen molar-refractivity contribution in [1.82, 2.24) is 5.32 Å². The maximum atomic E-state index is 6.56. The van der Waals surface area contributed by atoms with Crippen LogP contribution in [0.4, 0.5) is 0 Å². The van der Waals surface area contributed by atoms with Crippen molar-refractivity contribution in [2.45, 2.75) is 102 Å². The zero-order valence-corrected chi connectivity index (χ0v) is 13.5. The van der Waals surface area contributed by atoms with E-state index in [0.29, 0.717) is 17.1 Å². The van der Waals surface area contributed by atoms with Crippen LogP contribution in [0, 0.1) is 5.41 Å². The van der Waals surface area contributed by atoms with E-state index in [-0.39, 0.29) is 0 Å². The maximum absolute atomic E-state index is 6.56. The highest BCUT2D eigenvalue weighted by molar-refractivity contribution is 4.95. The molecule has 0 amide bonds. The number of rotatable bonds is 7.